The molecule has 1 atom stereocenters. The summed E-state index contributed by atoms with van der Waals surface area (Å²) in [4.78, 5) is 11.5. The van der Waals surface area contributed by atoms with Gasteiger partial charge in [0, 0.05) is 0 Å². The van der Waals surface area contributed by atoms with E-state index >= 15 is 0 Å². The molecule has 0 aliphatic heterocycles. The van der Waals surface area contributed by atoms with E-state index in [1.165, 1.54) is 0 Å². The van der Waals surface area contributed by atoms with Crippen LogP contribution < -0.4 is 0 Å². The van der Waals surface area contributed by atoms with Gasteiger partial charge in [0.25, 0.3) is 0 Å². The predicted molar refractivity (Wildman–Crippen MR) is 56.1 cm³/mol. The number of benzene rings is 1. The van der Waals surface area contributed by atoms with Gasteiger partial charge in [-0.25, -0.2) is 0 Å². The molecule has 0 fully saturated rings. The first kappa shape index (κ1) is 11.7. The minimum Gasteiger partial charge on any atom is -0.465 e. The predicted octanol–water partition coefficient (Wildman–Crippen LogP) is 1.73. The lowest BCUT2D eigenvalue weighted by atomic mass is 9.96. The van der Waals surface area contributed by atoms with Gasteiger partial charge in [0.05, 0.1) is 24.3 Å². The maximum atomic E-state index is 11.5. The number of carbonyl (C=O) groups excluding carboxylic acids is 1. The van der Waals surface area contributed by atoms with Crippen LogP contribution in [0.25, 0.3) is 0 Å². The van der Waals surface area contributed by atoms with Crippen molar-refractivity contribution in [3.8, 4) is 12.1 Å². The fourth-order valence-electron chi connectivity index (χ4n) is 1.33. The molecule has 0 spiro atoms. The summed E-state index contributed by atoms with van der Waals surface area (Å²) in [6, 6.07) is 10.3. The molecular weight excluding hydrogens is 204 g/mol. The number of carbonyl (C=O) groups is 1. The summed E-state index contributed by atoms with van der Waals surface area (Å²) in [6.45, 7) is 1.88. The Morgan fingerprint density at radius 3 is 2.69 bits per heavy atom. The van der Waals surface area contributed by atoms with Gasteiger partial charge in [-0.3, -0.25) is 4.79 Å². The van der Waals surface area contributed by atoms with Crippen molar-refractivity contribution >= 4 is 5.97 Å². The first-order valence-corrected chi connectivity index (χ1v) is 4.79. The summed E-state index contributed by atoms with van der Waals surface area (Å²) in [6.07, 6.45) is 0. The van der Waals surface area contributed by atoms with Crippen LogP contribution in [-0.2, 0) is 9.53 Å². The fraction of sp³-hybridized carbons (Fsp3) is 0.250. The van der Waals surface area contributed by atoms with Gasteiger partial charge < -0.3 is 4.74 Å². The first-order chi connectivity index (χ1) is 7.74. The highest BCUT2D eigenvalue weighted by molar-refractivity contribution is 5.82. The maximum absolute atomic E-state index is 11.5. The van der Waals surface area contributed by atoms with E-state index in [9.17, 15) is 4.79 Å². The second kappa shape index (κ2) is 5.53. The van der Waals surface area contributed by atoms with E-state index in [0.29, 0.717) is 11.1 Å². The molecule has 0 amide bonds. The van der Waals surface area contributed by atoms with Crippen molar-refractivity contribution in [1.82, 2.24) is 0 Å². The number of nitrogens with zero attached hydrogens (tertiary/aromatic N) is 2. The van der Waals surface area contributed by atoms with Gasteiger partial charge in [0.15, 0.2) is 5.92 Å². The van der Waals surface area contributed by atoms with Crippen LogP contribution in [0.1, 0.15) is 24.0 Å². The van der Waals surface area contributed by atoms with E-state index in [4.69, 9.17) is 15.3 Å². The summed E-state index contributed by atoms with van der Waals surface area (Å²) in [5.41, 5.74) is 0.716. The Labute approximate surface area is 93.7 Å². The number of nitriles is 2. The molecule has 0 saturated carbocycles. The molecule has 0 unspecified atom stereocenters. The normalized spacial score (nSPS) is 10.9. The Hall–Kier alpha value is -2.33. The van der Waals surface area contributed by atoms with E-state index in [0.717, 1.165) is 0 Å². The molecule has 0 saturated heterocycles. The molecule has 1 rings (SSSR count). The average molecular weight is 214 g/mol. The van der Waals surface area contributed by atoms with Crippen molar-refractivity contribution in [1.29, 1.82) is 10.5 Å². The number of ether oxygens (including phenoxy) is 1. The van der Waals surface area contributed by atoms with Crippen LogP contribution in [0, 0.1) is 22.7 Å². The molecule has 4 nitrogen and oxygen atoms in total. The zero-order valence-corrected chi connectivity index (χ0v) is 8.80. The van der Waals surface area contributed by atoms with E-state index < -0.39 is 11.9 Å². The standard InChI is InChI=1S/C12H10N2O2/c1-2-16-12(15)11(8-14)10-6-4-3-5-9(10)7-13/h3-6,11H,2H2,1H3/t11-/m0/s1. The summed E-state index contributed by atoms with van der Waals surface area (Å²) in [5, 5.41) is 17.8. The minimum atomic E-state index is -1.03. The topological polar surface area (TPSA) is 73.9 Å². The molecule has 1 aromatic rings. The third-order valence-electron chi connectivity index (χ3n) is 2.04. The van der Waals surface area contributed by atoms with Crippen molar-refractivity contribution in [3.05, 3.63) is 35.4 Å². The monoisotopic (exact) mass is 214 g/mol. The molecular formula is C12H10N2O2. The second-order valence-electron chi connectivity index (χ2n) is 3.01. The van der Waals surface area contributed by atoms with Crippen molar-refractivity contribution in [2.75, 3.05) is 6.61 Å². The van der Waals surface area contributed by atoms with Crippen LogP contribution in [0.15, 0.2) is 24.3 Å². The zero-order valence-electron chi connectivity index (χ0n) is 8.80. The molecule has 80 valence electrons. The molecule has 0 N–H and O–H groups in total. The lowest BCUT2D eigenvalue weighted by molar-refractivity contribution is -0.143. The molecule has 0 heterocycles. The van der Waals surface area contributed by atoms with Gasteiger partial charge in [-0.1, -0.05) is 18.2 Å². The van der Waals surface area contributed by atoms with Crippen molar-refractivity contribution < 1.29 is 9.53 Å². The summed E-state index contributed by atoms with van der Waals surface area (Å²) >= 11 is 0. The van der Waals surface area contributed by atoms with Crippen LogP contribution in [0.3, 0.4) is 0 Å². The van der Waals surface area contributed by atoms with E-state index in [-0.39, 0.29) is 6.61 Å². The highest BCUT2D eigenvalue weighted by Crippen LogP contribution is 2.20. The largest absolute Gasteiger partial charge is 0.465 e. The average Bonchev–Trinajstić information content (AvgIpc) is 2.31. The number of esters is 1. The van der Waals surface area contributed by atoms with Crippen LogP contribution in [-0.4, -0.2) is 12.6 Å². The Kier molecular flexibility index (Phi) is 4.06. The molecule has 16 heavy (non-hydrogen) atoms. The highest BCUT2D eigenvalue weighted by Gasteiger charge is 2.23. The lowest BCUT2D eigenvalue weighted by Gasteiger charge is -2.09. The molecule has 0 aliphatic rings. The molecule has 0 aromatic heterocycles. The summed E-state index contributed by atoms with van der Waals surface area (Å²) in [7, 11) is 0. The van der Waals surface area contributed by atoms with Crippen molar-refractivity contribution in [2.45, 2.75) is 12.8 Å². The Morgan fingerprint density at radius 1 is 1.44 bits per heavy atom. The number of hydrogen-bond donors (Lipinski definition) is 0. The van der Waals surface area contributed by atoms with Gasteiger partial charge in [0.1, 0.15) is 0 Å². The Bertz CT molecular complexity index is 469. The smallest absolute Gasteiger partial charge is 0.327 e. The number of rotatable bonds is 3. The molecule has 0 aliphatic carbocycles. The number of hydrogen-bond acceptors (Lipinski definition) is 4. The van der Waals surface area contributed by atoms with Crippen molar-refractivity contribution in [3.63, 3.8) is 0 Å². The molecule has 0 radical (unpaired) electrons. The van der Waals surface area contributed by atoms with E-state index in [1.54, 1.807) is 31.2 Å². The van der Waals surface area contributed by atoms with Crippen LogP contribution in [0.2, 0.25) is 0 Å². The summed E-state index contributed by atoms with van der Waals surface area (Å²) < 4.78 is 4.78. The van der Waals surface area contributed by atoms with Gasteiger partial charge in [-0.2, -0.15) is 10.5 Å². The van der Waals surface area contributed by atoms with Gasteiger partial charge in [-0.05, 0) is 18.6 Å². The third-order valence-corrected chi connectivity index (χ3v) is 2.04. The fourth-order valence-corrected chi connectivity index (χ4v) is 1.33. The Balaban J connectivity index is 3.11. The summed E-state index contributed by atoms with van der Waals surface area (Å²) in [5.74, 6) is -1.65. The van der Waals surface area contributed by atoms with Crippen LogP contribution >= 0.6 is 0 Å². The van der Waals surface area contributed by atoms with Gasteiger partial charge >= 0.3 is 5.97 Å². The van der Waals surface area contributed by atoms with Crippen LogP contribution in [0.4, 0.5) is 0 Å². The van der Waals surface area contributed by atoms with Gasteiger partial charge in [-0.15, -0.1) is 0 Å². The van der Waals surface area contributed by atoms with E-state index in [2.05, 4.69) is 0 Å². The molecule has 4 heteroatoms. The third kappa shape index (κ3) is 2.37. The molecule has 1 aromatic carbocycles. The highest BCUT2D eigenvalue weighted by atomic mass is 16.5. The van der Waals surface area contributed by atoms with E-state index in [1.807, 2.05) is 12.1 Å². The zero-order chi connectivity index (χ0) is 12.0. The minimum absolute atomic E-state index is 0.214. The lowest BCUT2D eigenvalue weighted by Crippen LogP contribution is -2.15. The first-order valence-electron chi connectivity index (χ1n) is 4.79. The molecule has 0 bridgehead atoms. The Morgan fingerprint density at radius 2 is 2.12 bits per heavy atom. The maximum Gasteiger partial charge on any atom is 0.327 e. The van der Waals surface area contributed by atoms with Crippen LogP contribution in [0.5, 0.6) is 0 Å². The quantitative estimate of drug-likeness (QED) is 0.718. The van der Waals surface area contributed by atoms with Crippen molar-refractivity contribution in [2.24, 2.45) is 0 Å². The second-order valence-corrected chi connectivity index (χ2v) is 3.01. The van der Waals surface area contributed by atoms with Gasteiger partial charge in [0.2, 0.25) is 0 Å². The SMILES string of the molecule is CCOC(=O)[C@@H](C#N)c1ccccc1C#N.